The standard InChI is InChI=1S/C28H21BrF3NO3S2/c1-3-5-19-12-18(13-23(35-2)25(19)36-16-17-8-10-21(29)11-9-17)14-24-26(34)33(27(37)38-24)22-7-4-6-20(15-22)28(30,31)32/h3-4,6-15H,1,5,16H2,2H3/b24-14+. The van der Waals surface area contributed by atoms with E-state index in [1.54, 1.807) is 18.2 Å². The Balaban J connectivity index is 1.64. The largest absolute Gasteiger partial charge is 0.493 e. The van der Waals surface area contributed by atoms with Crippen LogP contribution in [0.3, 0.4) is 0 Å². The van der Waals surface area contributed by atoms with Gasteiger partial charge in [0.15, 0.2) is 15.8 Å². The van der Waals surface area contributed by atoms with E-state index in [9.17, 15) is 18.0 Å². The number of hydrogen-bond donors (Lipinski definition) is 0. The highest BCUT2D eigenvalue weighted by Crippen LogP contribution is 2.40. The molecule has 4 nitrogen and oxygen atoms in total. The molecule has 1 aliphatic heterocycles. The third kappa shape index (κ3) is 6.31. The summed E-state index contributed by atoms with van der Waals surface area (Å²) in [6.45, 7) is 4.15. The lowest BCUT2D eigenvalue weighted by Crippen LogP contribution is -2.27. The van der Waals surface area contributed by atoms with Crippen molar-refractivity contribution in [2.45, 2.75) is 19.2 Å². The first-order valence-electron chi connectivity index (χ1n) is 11.2. The van der Waals surface area contributed by atoms with Crippen LogP contribution in [0.4, 0.5) is 18.9 Å². The number of carbonyl (C=O) groups excluding carboxylic acids is 1. The first-order valence-corrected chi connectivity index (χ1v) is 13.3. The summed E-state index contributed by atoms with van der Waals surface area (Å²) < 4.78 is 52.4. The van der Waals surface area contributed by atoms with Crippen molar-refractivity contribution < 1.29 is 27.4 Å². The van der Waals surface area contributed by atoms with Crippen LogP contribution in [-0.2, 0) is 24.0 Å². The number of anilines is 1. The number of alkyl halides is 3. The minimum Gasteiger partial charge on any atom is -0.493 e. The number of nitrogens with zero attached hydrogens (tertiary/aromatic N) is 1. The van der Waals surface area contributed by atoms with Gasteiger partial charge in [-0.2, -0.15) is 13.2 Å². The molecule has 0 aliphatic carbocycles. The first-order chi connectivity index (χ1) is 18.1. The molecule has 1 aliphatic rings. The van der Waals surface area contributed by atoms with Crippen molar-refractivity contribution >= 4 is 61.9 Å². The van der Waals surface area contributed by atoms with Crippen molar-refractivity contribution in [1.29, 1.82) is 0 Å². The summed E-state index contributed by atoms with van der Waals surface area (Å²) in [5, 5.41) is 0. The highest BCUT2D eigenvalue weighted by Gasteiger charge is 2.36. The van der Waals surface area contributed by atoms with Crippen molar-refractivity contribution in [2.75, 3.05) is 12.0 Å². The molecule has 1 fully saturated rings. The van der Waals surface area contributed by atoms with Gasteiger partial charge in [0.05, 0.1) is 23.3 Å². The van der Waals surface area contributed by atoms with Gasteiger partial charge in [0.1, 0.15) is 6.61 Å². The molecule has 0 N–H and O–H groups in total. The molecule has 0 aromatic heterocycles. The van der Waals surface area contributed by atoms with Gasteiger partial charge in [-0.25, -0.2) is 0 Å². The van der Waals surface area contributed by atoms with Crippen LogP contribution < -0.4 is 14.4 Å². The second-order valence-electron chi connectivity index (χ2n) is 8.18. The van der Waals surface area contributed by atoms with Crippen molar-refractivity contribution in [3.05, 3.63) is 105 Å². The highest BCUT2D eigenvalue weighted by molar-refractivity contribution is 9.10. The van der Waals surface area contributed by atoms with E-state index < -0.39 is 17.6 Å². The molecule has 4 rings (SSSR count). The van der Waals surface area contributed by atoms with E-state index >= 15 is 0 Å². The predicted molar refractivity (Wildman–Crippen MR) is 152 cm³/mol. The van der Waals surface area contributed by atoms with Crippen LogP contribution in [0.2, 0.25) is 0 Å². The summed E-state index contributed by atoms with van der Waals surface area (Å²) in [5.74, 6) is 0.532. The maximum Gasteiger partial charge on any atom is 0.416 e. The van der Waals surface area contributed by atoms with Crippen molar-refractivity contribution in [3.63, 3.8) is 0 Å². The molecule has 0 saturated carbocycles. The number of carbonyl (C=O) groups is 1. The van der Waals surface area contributed by atoms with E-state index in [0.29, 0.717) is 30.1 Å². The van der Waals surface area contributed by atoms with Gasteiger partial charge in [-0.15, -0.1) is 6.58 Å². The second-order valence-corrected chi connectivity index (χ2v) is 10.8. The van der Waals surface area contributed by atoms with Gasteiger partial charge in [0, 0.05) is 10.0 Å². The van der Waals surface area contributed by atoms with E-state index in [0.717, 1.165) is 44.4 Å². The van der Waals surface area contributed by atoms with Gasteiger partial charge in [0.25, 0.3) is 5.91 Å². The summed E-state index contributed by atoms with van der Waals surface area (Å²) >= 11 is 9.78. The summed E-state index contributed by atoms with van der Waals surface area (Å²) in [6.07, 6.45) is -0.678. The summed E-state index contributed by atoms with van der Waals surface area (Å²) in [5.41, 5.74) is 1.63. The van der Waals surface area contributed by atoms with Crippen LogP contribution in [-0.4, -0.2) is 17.3 Å². The molecule has 196 valence electrons. The Bertz CT molecular complexity index is 1420. The molecule has 0 spiro atoms. The van der Waals surface area contributed by atoms with E-state index in [2.05, 4.69) is 22.5 Å². The number of thiocarbonyl (C=S) groups is 1. The lowest BCUT2D eigenvalue weighted by molar-refractivity contribution is -0.137. The van der Waals surface area contributed by atoms with E-state index in [4.69, 9.17) is 21.7 Å². The Morgan fingerprint density at radius 3 is 2.53 bits per heavy atom. The van der Waals surface area contributed by atoms with Crippen molar-refractivity contribution in [1.82, 2.24) is 0 Å². The quantitative estimate of drug-likeness (QED) is 0.144. The van der Waals surface area contributed by atoms with E-state index in [1.165, 1.54) is 19.2 Å². The Morgan fingerprint density at radius 2 is 1.87 bits per heavy atom. The third-order valence-electron chi connectivity index (χ3n) is 5.56. The minimum atomic E-state index is -4.54. The molecule has 0 bridgehead atoms. The number of methoxy groups -OCH3 is 1. The summed E-state index contributed by atoms with van der Waals surface area (Å²) in [6, 6.07) is 15.9. The Labute approximate surface area is 236 Å². The molecule has 3 aromatic rings. The number of benzene rings is 3. The monoisotopic (exact) mass is 619 g/mol. The number of amides is 1. The average molecular weight is 621 g/mol. The highest BCUT2D eigenvalue weighted by atomic mass is 79.9. The fourth-order valence-electron chi connectivity index (χ4n) is 3.79. The van der Waals surface area contributed by atoms with Gasteiger partial charge >= 0.3 is 6.18 Å². The zero-order valence-corrected chi connectivity index (χ0v) is 23.3. The number of hydrogen-bond acceptors (Lipinski definition) is 5. The average Bonchev–Trinajstić information content (AvgIpc) is 3.16. The van der Waals surface area contributed by atoms with Gasteiger partial charge in [0.2, 0.25) is 0 Å². The van der Waals surface area contributed by atoms with Gasteiger partial charge < -0.3 is 9.47 Å². The first kappa shape index (κ1) is 27.9. The lowest BCUT2D eigenvalue weighted by atomic mass is 10.0. The minimum absolute atomic E-state index is 0.0624. The maximum atomic E-state index is 13.2. The number of rotatable bonds is 8. The second kappa shape index (κ2) is 11.8. The Kier molecular flexibility index (Phi) is 8.64. The fourth-order valence-corrected chi connectivity index (χ4v) is 5.35. The van der Waals surface area contributed by atoms with Crippen LogP contribution in [0.1, 0.15) is 22.3 Å². The van der Waals surface area contributed by atoms with Crippen LogP contribution in [0.25, 0.3) is 6.08 Å². The Hall–Kier alpha value is -3.08. The van der Waals surface area contributed by atoms with Crippen LogP contribution in [0.5, 0.6) is 11.5 Å². The molecular weight excluding hydrogens is 599 g/mol. The predicted octanol–water partition coefficient (Wildman–Crippen LogP) is 8.19. The SMILES string of the molecule is C=CCc1cc(/C=C2/SC(=S)N(c3cccc(C(F)(F)F)c3)C2=O)cc(OC)c1OCc1ccc(Br)cc1. The molecule has 10 heteroatoms. The molecule has 3 aromatic carbocycles. The van der Waals surface area contributed by atoms with Crippen LogP contribution in [0.15, 0.2) is 82.7 Å². The van der Waals surface area contributed by atoms with Crippen LogP contribution in [0, 0.1) is 0 Å². The number of halogens is 4. The van der Waals surface area contributed by atoms with Crippen LogP contribution >= 0.6 is 39.9 Å². The lowest BCUT2D eigenvalue weighted by Gasteiger charge is -2.17. The molecular formula is C28H21BrF3NO3S2. The number of thioether (sulfide) groups is 1. The number of allylic oxidation sites excluding steroid dienone is 1. The molecule has 0 atom stereocenters. The molecule has 0 radical (unpaired) electrons. The molecule has 1 saturated heterocycles. The van der Waals surface area contributed by atoms with E-state index in [-0.39, 0.29) is 14.9 Å². The van der Waals surface area contributed by atoms with Gasteiger partial charge in [-0.05, 0) is 66.1 Å². The Morgan fingerprint density at radius 1 is 1.13 bits per heavy atom. The summed E-state index contributed by atoms with van der Waals surface area (Å²) in [4.78, 5) is 14.6. The normalized spacial score (nSPS) is 14.8. The molecule has 38 heavy (non-hydrogen) atoms. The zero-order valence-electron chi connectivity index (χ0n) is 20.0. The van der Waals surface area contributed by atoms with Crippen molar-refractivity contribution in [2.24, 2.45) is 0 Å². The zero-order chi connectivity index (χ0) is 27.4. The van der Waals surface area contributed by atoms with Gasteiger partial charge in [-0.1, -0.05) is 64.2 Å². The van der Waals surface area contributed by atoms with Crippen molar-refractivity contribution in [3.8, 4) is 11.5 Å². The van der Waals surface area contributed by atoms with Gasteiger partial charge in [-0.3, -0.25) is 9.69 Å². The molecule has 1 amide bonds. The third-order valence-corrected chi connectivity index (χ3v) is 7.39. The summed E-state index contributed by atoms with van der Waals surface area (Å²) in [7, 11) is 1.52. The number of ether oxygens (including phenoxy) is 2. The molecule has 1 heterocycles. The maximum absolute atomic E-state index is 13.2. The fraction of sp³-hybridized carbons (Fsp3) is 0.143. The molecule has 0 unspecified atom stereocenters. The topological polar surface area (TPSA) is 38.8 Å². The smallest absolute Gasteiger partial charge is 0.416 e. The van der Waals surface area contributed by atoms with E-state index in [1.807, 2.05) is 30.3 Å².